The highest BCUT2D eigenvalue weighted by atomic mass is 32.4. The van der Waals surface area contributed by atoms with Crippen molar-refractivity contribution in [1.82, 2.24) is 20.9 Å². The summed E-state index contributed by atoms with van der Waals surface area (Å²) in [5.74, 6) is -1.34. The minimum Gasteiger partial charge on any atom is -0.377 e. The molecule has 0 aromatic carbocycles. The molecule has 1 rings (SSSR count). The molecule has 0 radical (unpaired) electrons. The van der Waals surface area contributed by atoms with Crippen LogP contribution in [0.25, 0.3) is 0 Å². The van der Waals surface area contributed by atoms with E-state index in [0.29, 0.717) is 20.3 Å². The van der Waals surface area contributed by atoms with Crippen LogP contribution in [0, 0.1) is 0 Å². The number of carbonyl (C=O) groups is 5. The topological polar surface area (TPSA) is 143 Å². The Bertz CT molecular complexity index is 717. The Kier molecular flexibility index (Phi) is 15.2. The van der Waals surface area contributed by atoms with Crippen LogP contribution in [0.1, 0.15) is 25.7 Å². The summed E-state index contributed by atoms with van der Waals surface area (Å²) in [7, 11) is 2.06. The van der Waals surface area contributed by atoms with Crippen LogP contribution in [-0.4, -0.2) is 93.2 Å². The second kappa shape index (κ2) is 17.4. The molecule has 13 heteroatoms. The molecule has 4 amide bonds. The molecule has 0 saturated carbocycles. The molecule has 3 N–H and O–H groups in total. The van der Waals surface area contributed by atoms with Gasteiger partial charge in [0.05, 0.1) is 33.2 Å². The van der Waals surface area contributed by atoms with Gasteiger partial charge in [0.15, 0.2) is 0 Å². The van der Waals surface area contributed by atoms with Crippen molar-refractivity contribution in [2.75, 3.05) is 53.1 Å². The Hall–Kier alpha value is -2.11. The molecule has 184 valence electrons. The number of hydrogen-bond donors (Lipinski definition) is 3. The maximum absolute atomic E-state index is 11.7. The van der Waals surface area contributed by atoms with Crippen LogP contribution in [0.2, 0.25) is 0 Å². The summed E-state index contributed by atoms with van der Waals surface area (Å²) in [5.41, 5.74) is -0.0137. The molecule has 0 saturated heterocycles. The summed E-state index contributed by atoms with van der Waals surface area (Å²) in [6.45, 7) is 1.53. The Morgan fingerprint density at radius 3 is 2.33 bits per heavy atom. The summed E-state index contributed by atoms with van der Waals surface area (Å²) in [6.07, 6.45) is 4.60. The van der Waals surface area contributed by atoms with Gasteiger partial charge >= 0.3 is 0 Å². The zero-order chi connectivity index (χ0) is 24.5. The molecule has 1 heterocycles. The lowest BCUT2D eigenvalue weighted by atomic mass is 10.1. The number of carbonyl (C=O) groups excluding carboxylic acids is 5. The number of rotatable bonds is 19. The van der Waals surface area contributed by atoms with Gasteiger partial charge in [0.1, 0.15) is 6.61 Å². The number of nitrogens with zero attached hydrogens (tertiary/aromatic N) is 1. The van der Waals surface area contributed by atoms with Crippen LogP contribution >= 0.6 is 7.36 Å². The number of amides is 4. The van der Waals surface area contributed by atoms with Gasteiger partial charge in [0.2, 0.25) is 17.3 Å². The van der Waals surface area contributed by atoms with E-state index in [1.54, 1.807) is 7.05 Å². The second-order valence-corrected chi connectivity index (χ2v) is 8.21. The van der Waals surface area contributed by atoms with Crippen LogP contribution in [0.3, 0.4) is 0 Å². The zero-order valence-electron chi connectivity index (χ0n) is 18.7. The van der Waals surface area contributed by atoms with E-state index in [4.69, 9.17) is 21.3 Å². The fourth-order valence-corrected chi connectivity index (χ4v) is 3.58. The summed E-state index contributed by atoms with van der Waals surface area (Å²) in [6, 6.07) is -0.236. The van der Waals surface area contributed by atoms with Crippen molar-refractivity contribution in [3.63, 3.8) is 0 Å². The first kappa shape index (κ1) is 28.9. The highest BCUT2D eigenvalue weighted by Crippen LogP contribution is 2.08. The zero-order valence-corrected chi connectivity index (χ0v) is 20.4. The minimum absolute atomic E-state index is 0.0137. The predicted octanol–water partition coefficient (Wildman–Crippen LogP) is -0.740. The smallest absolute Gasteiger partial charge is 0.253 e. The van der Waals surface area contributed by atoms with Gasteiger partial charge in [-0.05, 0) is 38.1 Å². The summed E-state index contributed by atoms with van der Waals surface area (Å²) < 4.78 is 10.5. The van der Waals surface area contributed by atoms with Gasteiger partial charge < -0.3 is 25.4 Å². The predicted molar refractivity (Wildman–Crippen MR) is 124 cm³/mol. The fourth-order valence-electron chi connectivity index (χ4n) is 2.81. The Morgan fingerprint density at radius 1 is 1.00 bits per heavy atom. The highest BCUT2D eigenvalue weighted by molar-refractivity contribution is 8.03. The molecule has 11 nitrogen and oxygen atoms in total. The molecule has 33 heavy (non-hydrogen) atoms. The summed E-state index contributed by atoms with van der Waals surface area (Å²) in [4.78, 5) is 58.7. The molecule has 0 bridgehead atoms. The standard InChI is InChI=1S/C20H31N4O7PS/c1-21-15(20(29)32-33)4-2-3-8-22-17(26)14-31-13-12-30-11-9-23-16(25)7-10-24-18(27)5-6-19(24)28/h5-6,15,21H,2-4,7-14H2,1H3,(H,22,26)(H,23,25). The van der Waals surface area contributed by atoms with E-state index in [0.717, 1.165) is 17.7 Å². The average Bonchev–Trinajstić information content (AvgIpc) is 3.13. The molecular formula is C20H31N4O7PS. The van der Waals surface area contributed by atoms with Crippen molar-refractivity contribution in [2.45, 2.75) is 31.7 Å². The molecule has 1 atom stereocenters. The van der Waals surface area contributed by atoms with Crippen LogP contribution in [0.5, 0.6) is 0 Å². The van der Waals surface area contributed by atoms with Gasteiger partial charge in [-0.1, -0.05) is 0 Å². The van der Waals surface area contributed by atoms with Crippen molar-refractivity contribution in [3.8, 4) is 0 Å². The van der Waals surface area contributed by atoms with Gasteiger partial charge in [0.25, 0.3) is 11.8 Å². The van der Waals surface area contributed by atoms with E-state index in [-0.39, 0.29) is 69.3 Å². The molecule has 1 unspecified atom stereocenters. The van der Waals surface area contributed by atoms with Gasteiger partial charge in [-0.3, -0.25) is 28.9 Å². The van der Waals surface area contributed by atoms with Gasteiger partial charge in [0, 0.05) is 38.2 Å². The number of hydrogen-bond acceptors (Lipinski definition) is 9. The molecule has 1 aliphatic heterocycles. The van der Waals surface area contributed by atoms with Crippen LogP contribution in [0.4, 0.5) is 0 Å². The third-order valence-electron chi connectivity index (χ3n) is 4.62. The fraction of sp³-hybridized carbons (Fsp3) is 0.650. The largest absolute Gasteiger partial charge is 0.377 e. The van der Waals surface area contributed by atoms with Crippen molar-refractivity contribution >= 4 is 48.3 Å². The van der Waals surface area contributed by atoms with E-state index in [2.05, 4.69) is 16.0 Å². The first-order valence-electron chi connectivity index (χ1n) is 10.7. The second-order valence-electron chi connectivity index (χ2n) is 7.04. The van der Waals surface area contributed by atoms with Crippen molar-refractivity contribution < 1.29 is 33.4 Å². The number of imide groups is 1. The molecular weight excluding hydrogens is 471 g/mol. The van der Waals surface area contributed by atoms with Crippen molar-refractivity contribution in [1.29, 1.82) is 0 Å². The van der Waals surface area contributed by atoms with Gasteiger partial charge in [-0.25, -0.2) is 0 Å². The number of likely N-dealkylation sites (N-methyl/N-ethyl adjacent to an activating group) is 1. The molecule has 0 spiro atoms. The lowest BCUT2D eigenvalue weighted by Gasteiger charge is -2.13. The summed E-state index contributed by atoms with van der Waals surface area (Å²) >= 11 is 4.74. The SMILES string of the molecule is CNC(CCCCNC(=O)COCCOCCNC(=O)CCN1C(=O)C=CC1=O)C(=O)P=S. The first-order valence-corrected chi connectivity index (χ1v) is 12.6. The Morgan fingerprint density at radius 2 is 1.67 bits per heavy atom. The van der Waals surface area contributed by atoms with Crippen LogP contribution in [-0.2, 0) is 45.3 Å². The van der Waals surface area contributed by atoms with E-state index in [1.165, 1.54) is 12.2 Å². The van der Waals surface area contributed by atoms with Crippen LogP contribution in [0.15, 0.2) is 12.2 Å². The third-order valence-corrected chi connectivity index (χ3v) is 5.65. The maximum atomic E-state index is 11.7. The average molecular weight is 503 g/mol. The molecule has 1 aliphatic rings. The number of nitrogens with one attached hydrogen (secondary N) is 3. The first-order chi connectivity index (χ1) is 15.9. The highest BCUT2D eigenvalue weighted by Gasteiger charge is 2.23. The maximum Gasteiger partial charge on any atom is 0.253 e. The third kappa shape index (κ3) is 12.6. The number of unbranched alkanes of at least 4 members (excludes halogenated alkanes) is 1. The van der Waals surface area contributed by atoms with E-state index >= 15 is 0 Å². The molecule has 0 aliphatic carbocycles. The van der Waals surface area contributed by atoms with E-state index < -0.39 is 11.8 Å². The van der Waals surface area contributed by atoms with E-state index in [1.807, 2.05) is 0 Å². The van der Waals surface area contributed by atoms with Gasteiger partial charge in [-0.15, -0.1) is 0 Å². The quantitative estimate of drug-likeness (QED) is 0.118. The molecule has 0 aromatic heterocycles. The molecule has 0 fully saturated rings. The monoisotopic (exact) mass is 502 g/mol. The normalized spacial score (nSPS) is 14.0. The Balaban J connectivity index is 1.91. The molecule has 0 aromatic rings. The summed E-state index contributed by atoms with van der Waals surface area (Å²) in [5, 5.41) is 8.32. The lowest BCUT2D eigenvalue weighted by Crippen LogP contribution is -2.35. The minimum atomic E-state index is -0.413. The van der Waals surface area contributed by atoms with Crippen molar-refractivity contribution in [3.05, 3.63) is 12.2 Å². The van der Waals surface area contributed by atoms with E-state index in [9.17, 15) is 24.0 Å². The van der Waals surface area contributed by atoms with Gasteiger partial charge in [-0.2, -0.15) is 0 Å². The lowest BCUT2D eigenvalue weighted by molar-refractivity contribution is -0.137. The Labute approximate surface area is 199 Å². The van der Waals surface area contributed by atoms with Crippen LogP contribution < -0.4 is 16.0 Å². The number of ether oxygens (including phenoxy) is 2. The van der Waals surface area contributed by atoms with Crippen molar-refractivity contribution in [2.24, 2.45) is 0 Å².